The first-order valence-corrected chi connectivity index (χ1v) is 15.0. The Morgan fingerprint density at radius 3 is 1.57 bits per heavy atom. The van der Waals surface area contributed by atoms with E-state index in [4.69, 9.17) is 8.83 Å². The van der Waals surface area contributed by atoms with Crippen molar-refractivity contribution in [3.8, 4) is 22.3 Å². The maximum absolute atomic E-state index is 6.78. The summed E-state index contributed by atoms with van der Waals surface area (Å²) in [6, 6.07) is 51.8. The van der Waals surface area contributed by atoms with Gasteiger partial charge >= 0.3 is 0 Å². The first-order valence-electron chi connectivity index (χ1n) is 15.0. The summed E-state index contributed by atoms with van der Waals surface area (Å²) in [6.07, 6.45) is 0. The van der Waals surface area contributed by atoms with Gasteiger partial charge in [0.2, 0.25) is 0 Å². The Hall–Kier alpha value is -5.86. The van der Waals surface area contributed by atoms with Gasteiger partial charge in [-0.25, -0.2) is 0 Å². The van der Waals surface area contributed by atoms with Crippen molar-refractivity contribution in [2.75, 3.05) is 0 Å². The van der Waals surface area contributed by atoms with E-state index in [1.165, 1.54) is 49.0 Å². The summed E-state index contributed by atoms with van der Waals surface area (Å²) in [4.78, 5) is 0. The van der Waals surface area contributed by atoms with Gasteiger partial charge in [0, 0.05) is 32.7 Å². The molecule has 0 saturated carbocycles. The number of para-hydroxylation sites is 2. The number of hydrogen-bond donors (Lipinski definition) is 0. The number of furan rings is 2. The van der Waals surface area contributed by atoms with Crippen LogP contribution in [0.25, 0.3) is 98.4 Å². The molecule has 0 spiro atoms. The van der Waals surface area contributed by atoms with Crippen molar-refractivity contribution in [2.24, 2.45) is 0 Å². The van der Waals surface area contributed by atoms with Crippen molar-refractivity contribution in [2.45, 2.75) is 0 Å². The van der Waals surface area contributed by atoms with E-state index in [1.54, 1.807) is 0 Å². The standard InChI is InChI=1S/C42H24O2/c1-2-12-26-23-27(22-21-25(26)11-1)38-29-14-3-5-16-31(29)39(32-17-6-4-15-30(32)38)41-40-33-18-8-10-20-36(33)43-37(40)24-34-28-13-7-9-19-35(28)44-42(34)41/h1-24H. The summed E-state index contributed by atoms with van der Waals surface area (Å²) in [6.45, 7) is 0. The van der Waals surface area contributed by atoms with Crippen LogP contribution < -0.4 is 0 Å². The highest BCUT2D eigenvalue weighted by atomic mass is 16.3. The van der Waals surface area contributed by atoms with Crippen LogP contribution in [0.5, 0.6) is 0 Å². The van der Waals surface area contributed by atoms with E-state index in [2.05, 4.69) is 133 Å². The van der Waals surface area contributed by atoms with E-state index in [0.29, 0.717) is 0 Å². The molecule has 204 valence electrons. The van der Waals surface area contributed by atoms with Crippen LogP contribution in [0, 0.1) is 0 Å². The van der Waals surface area contributed by atoms with Crippen LogP contribution in [-0.2, 0) is 0 Å². The maximum Gasteiger partial charge on any atom is 0.144 e. The minimum atomic E-state index is 0.868. The Labute approximate surface area is 252 Å². The number of benzene rings is 8. The lowest BCUT2D eigenvalue weighted by Crippen LogP contribution is -1.92. The average Bonchev–Trinajstić information content (AvgIpc) is 3.64. The van der Waals surface area contributed by atoms with Crippen molar-refractivity contribution in [3.05, 3.63) is 146 Å². The van der Waals surface area contributed by atoms with Crippen LogP contribution in [0.15, 0.2) is 154 Å². The fourth-order valence-electron chi connectivity index (χ4n) is 7.36. The third-order valence-electron chi connectivity index (χ3n) is 9.23. The van der Waals surface area contributed by atoms with Gasteiger partial charge in [-0.15, -0.1) is 0 Å². The van der Waals surface area contributed by atoms with Crippen LogP contribution in [0.2, 0.25) is 0 Å². The highest BCUT2D eigenvalue weighted by molar-refractivity contribution is 6.31. The Morgan fingerprint density at radius 2 is 0.864 bits per heavy atom. The SMILES string of the molecule is c1ccc2cc(-c3c4ccccc4c(-c4c5oc6ccccc6c5cc5oc6ccccc6c45)c4ccccc34)ccc2c1. The fourth-order valence-corrected chi connectivity index (χ4v) is 7.36. The number of hydrogen-bond acceptors (Lipinski definition) is 2. The lowest BCUT2D eigenvalue weighted by Gasteiger charge is -2.18. The average molecular weight is 561 g/mol. The van der Waals surface area contributed by atoms with Crippen molar-refractivity contribution >= 4 is 76.2 Å². The van der Waals surface area contributed by atoms with Crippen molar-refractivity contribution < 1.29 is 8.83 Å². The molecule has 8 aromatic carbocycles. The topological polar surface area (TPSA) is 26.3 Å². The first kappa shape index (κ1) is 23.7. The molecule has 0 amide bonds. The molecule has 10 rings (SSSR count). The van der Waals surface area contributed by atoms with Gasteiger partial charge in [0.1, 0.15) is 22.3 Å². The minimum Gasteiger partial charge on any atom is -0.456 e. The van der Waals surface area contributed by atoms with Crippen LogP contribution in [0.1, 0.15) is 0 Å². The molecule has 0 saturated heterocycles. The molecule has 2 aromatic heterocycles. The number of fused-ring (bicyclic) bond motifs is 9. The van der Waals surface area contributed by atoms with Gasteiger partial charge in [0.05, 0.1) is 0 Å². The molecule has 2 nitrogen and oxygen atoms in total. The van der Waals surface area contributed by atoms with Crippen molar-refractivity contribution in [1.82, 2.24) is 0 Å². The van der Waals surface area contributed by atoms with Gasteiger partial charge < -0.3 is 8.83 Å². The van der Waals surface area contributed by atoms with E-state index in [-0.39, 0.29) is 0 Å². The molecule has 44 heavy (non-hydrogen) atoms. The lowest BCUT2D eigenvalue weighted by molar-refractivity contribution is 0.664. The van der Waals surface area contributed by atoms with Gasteiger partial charge in [0.15, 0.2) is 0 Å². The van der Waals surface area contributed by atoms with Gasteiger partial charge in [-0.3, -0.25) is 0 Å². The normalized spacial score (nSPS) is 12.1. The molecule has 10 aromatic rings. The molecule has 0 fully saturated rings. The Kier molecular flexibility index (Phi) is 4.75. The molecule has 0 radical (unpaired) electrons. The molecule has 0 aliphatic rings. The summed E-state index contributed by atoms with van der Waals surface area (Å²) in [7, 11) is 0. The molecule has 0 atom stereocenters. The summed E-state index contributed by atoms with van der Waals surface area (Å²) in [5.41, 5.74) is 8.22. The van der Waals surface area contributed by atoms with Gasteiger partial charge in [-0.05, 0) is 67.7 Å². The molecule has 0 N–H and O–H groups in total. The maximum atomic E-state index is 6.78. The van der Waals surface area contributed by atoms with Crippen LogP contribution in [0.4, 0.5) is 0 Å². The molecule has 2 heteroatoms. The van der Waals surface area contributed by atoms with E-state index >= 15 is 0 Å². The second kappa shape index (κ2) is 8.82. The summed E-state index contributed by atoms with van der Waals surface area (Å²) < 4.78 is 13.3. The summed E-state index contributed by atoms with van der Waals surface area (Å²) in [5, 5.41) is 11.6. The second-order valence-corrected chi connectivity index (χ2v) is 11.6. The van der Waals surface area contributed by atoms with Gasteiger partial charge in [-0.1, -0.05) is 121 Å². The zero-order valence-electron chi connectivity index (χ0n) is 23.7. The first-order chi connectivity index (χ1) is 21.8. The zero-order chi connectivity index (χ0) is 28.8. The number of rotatable bonds is 2. The smallest absolute Gasteiger partial charge is 0.144 e. The van der Waals surface area contributed by atoms with E-state index in [0.717, 1.165) is 49.4 Å². The van der Waals surface area contributed by atoms with E-state index < -0.39 is 0 Å². The molecular weight excluding hydrogens is 536 g/mol. The molecule has 0 bridgehead atoms. The third kappa shape index (κ3) is 3.20. The van der Waals surface area contributed by atoms with E-state index in [9.17, 15) is 0 Å². The lowest BCUT2D eigenvalue weighted by atomic mass is 9.84. The molecular formula is C42H24O2. The summed E-state index contributed by atoms with van der Waals surface area (Å²) >= 11 is 0. The Morgan fingerprint density at radius 1 is 0.318 bits per heavy atom. The predicted octanol–water partition coefficient (Wildman–Crippen LogP) is 12.3. The minimum absolute atomic E-state index is 0.868. The highest BCUT2D eigenvalue weighted by Gasteiger charge is 2.25. The Balaban J connectivity index is 1.44. The summed E-state index contributed by atoms with van der Waals surface area (Å²) in [5.74, 6) is 0. The van der Waals surface area contributed by atoms with Crippen molar-refractivity contribution in [3.63, 3.8) is 0 Å². The van der Waals surface area contributed by atoms with Gasteiger partial charge in [0.25, 0.3) is 0 Å². The quantitative estimate of drug-likeness (QED) is 0.197. The highest BCUT2D eigenvalue weighted by Crippen LogP contribution is 2.50. The fraction of sp³-hybridized carbons (Fsp3) is 0. The molecule has 0 aliphatic carbocycles. The zero-order valence-corrected chi connectivity index (χ0v) is 23.7. The van der Waals surface area contributed by atoms with Gasteiger partial charge in [-0.2, -0.15) is 0 Å². The molecule has 0 aliphatic heterocycles. The van der Waals surface area contributed by atoms with E-state index in [1.807, 2.05) is 12.1 Å². The largest absolute Gasteiger partial charge is 0.456 e. The Bertz CT molecular complexity index is 2710. The van der Waals surface area contributed by atoms with Crippen LogP contribution in [-0.4, -0.2) is 0 Å². The van der Waals surface area contributed by atoms with Crippen molar-refractivity contribution in [1.29, 1.82) is 0 Å². The molecule has 0 unspecified atom stereocenters. The second-order valence-electron chi connectivity index (χ2n) is 11.6. The monoisotopic (exact) mass is 560 g/mol. The van der Waals surface area contributed by atoms with Crippen LogP contribution in [0.3, 0.4) is 0 Å². The van der Waals surface area contributed by atoms with Crippen LogP contribution >= 0.6 is 0 Å². The third-order valence-corrected chi connectivity index (χ3v) is 9.23. The molecule has 2 heterocycles. The predicted molar refractivity (Wildman–Crippen MR) is 184 cm³/mol.